The maximum Gasteiger partial charge on any atom is 0.270 e. The number of benzene rings is 1. The van der Waals surface area contributed by atoms with Crippen LogP contribution in [0.2, 0.25) is 0 Å². The van der Waals surface area contributed by atoms with Gasteiger partial charge >= 0.3 is 0 Å². The van der Waals surface area contributed by atoms with E-state index in [1.165, 1.54) is 16.5 Å². The highest BCUT2D eigenvalue weighted by Gasteiger charge is 2.30. The number of aromatic nitrogens is 1. The molecular formula is C18H25N3O. The van der Waals surface area contributed by atoms with Crippen LogP contribution in [0.15, 0.2) is 12.1 Å². The maximum atomic E-state index is 12.9. The number of carbonyl (C=O) groups excluding carboxylic acids is 1. The van der Waals surface area contributed by atoms with Crippen molar-refractivity contribution in [3.05, 3.63) is 34.5 Å². The first-order valence-electron chi connectivity index (χ1n) is 7.93. The number of nitrogens with zero attached hydrogens (tertiary/aromatic N) is 2. The lowest BCUT2D eigenvalue weighted by molar-refractivity contribution is 0.0777. The first-order chi connectivity index (χ1) is 10.4. The van der Waals surface area contributed by atoms with Crippen molar-refractivity contribution in [3.63, 3.8) is 0 Å². The number of likely N-dealkylation sites (tertiary alicyclic amines) is 1. The third-order valence-electron chi connectivity index (χ3n) is 4.90. The lowest BCUT2D eigenvalue weighted by Crippen LogP contribution is -2.34. The van der Waals surface area contributed by atoms with E-state index < -0.39 is 0 Å². The number of aryl methyl sites for hydroxylation is 3. The molecule has 1 atom stereocenters. The Morgan fingerprint density at radius 3 is 2.64 bits per heavy atom. The number of amides is 1. The maximum absolute atomic E-state index is 12.9. The van der Waals surface area contributed by atoms with Crippen LogP contribution in [-0.2, 0) is 0 Å². The van der Waals surface area contributed by atoms with E-state index in [-0.39, 0.29) is 5.91 Å². The first-order valence-corrected chi connectivity index (χ1v) is 7.93. The minimum absolute atomic E-state index is 0.134. The van der Waals surface area contributed by atoms with Crippen molar-refractivity contribution in [1.29, 1.82) is 0 Å². The van der Waals surface area contributed by atoms with Crippen LogP contribution in [0.5, 0.6) is 0 Å². The van der Waals surface area contributed by atoms with E-state index in [4.69, 9.17) is 0 Å². The molecule has 0 bridgehead atoms. The summed E-state index contributed by atoms with van der Waals surface area (Å²) in [5.74, 6) is 0.134. The van der Waals surface area contributed by atoms with Gasteiger partial charge in [-0.25, -0.2) is 0 Å². The van der Waals surface area contributed by atoms with Crippen LogP contribution in [0.25, 0.3) is 10.9 Å². The Morgan fingerprint density at radius 2 is 2.00 bits per heavy atom. The van der Waals surface area contributed by atoms with E-state index in [9.17, 15) is 4.79 Å². The molecule has 0 spiro atoms. The van der Waals surface area contributed by atoms with Gasteiger partial charge in [0, 0.05) is 30.0 Å². The quantitative estimate of drug-likeness (QED) is 0.926. The SMILES string of the molecule is Cc1cc(C)c2[nH]c(C(=O)N3CCC(N(C)C)C3)c(C)c2c1. The van der Waals surface area contributed by atoms with Crippen LogP contribution < -0.4 is 0 Å². The van der Waals surface area contributed by atoms with Crippen LogP contribution in [0.4, 0.5) is 0 Å². The van der Waals surface area contributed by atoms with Gasteiger partial charge in [-0.15, -0.1) is 0 Å². The van der Waals surface area contributed by atoms with Crippen molar-refractivity contribution in [2.75, 3.05) is 27.2 Å². The van der Waals surface area contributed by atoms with Crippen molar-refractivity contribution in [2.45, 2.75) is 33.2 Å². The molecule has 1 aromatic heterocycles. The highest BCUT2D eigenvalue weighted by atomic mass is 16.2. The summed E-state index contributed by atoms with van der Waals surface area (Å²) in [6.45, 7) is 7.90. The number of nitrogens with one attached hydrogen (secondary N) is 1. The standard InChI is InChI=1S/C18H25N3O/c1-11-8-12(2)16-15(9-11)13(3)17(19-16)18(22)21-7-6-14(10-21)20(4)5/h8-9,14,19H,6-7,10H2,1-5H3. The zero-order valence-electron chi connectivity index (χ0n) is 14.2. The smallest absolute Gasteiger partial charge is 0.270 e. The van der Waals surface area contributed by atoms with Gasteiger partial charge < -0.3 is 14.8 Å². The second kappa shape index (κ2) is 5.43. The van der Waals surface area contributed by atoms with E-state index in [0.717, 1.165) is 36.3 Å². The number of likely N-dealkylation sites (N-methyl/N-ethyl adjacent to an activating group) is 1. The molecule has 4 heteroatoms. The third-order valence-corrected chi connectivity index (χ3v) is 4.90. The molecule has 0 aliphatic carbocycles. The lowest BCUT2D eigenvalue weighted by Gasteiger charge is -2.20. The van der Waals surface area contributed by atoms with Gasteiger partial charge in [0.05, 0.1) is 0 Å². The Labute approximate surface area is 132 Å². The molecule has 1 aliphatic rings. The van der Waals surface area contributed by atoms with Crippen LogP contribution >= 0.6 is 0 Å². The fourth-order valence-corrected chi connectivity index (χ4v) is 3.50. The summed E-state index contributed by atoms with van der Waals surface area (Å²) in [5, 5.41) is 1.17. The van der Waals surface area contributed by atoms with Gasteiger partial charge in [0.15, 0.2) is 0 Å². The third kappa shape index (κ3) is 2.41. The van der Waals surface area contributed by atoms with Crippen LogP contribution in [0.1, 0.15) is 33.6 Å². The summed E-state index contributed by atoms with van der Waals surface area (Å²) in [6.07, 6.45) is 1.05. The van der Waals surface area contributed by atoms with Crippen LogP contribution in [0, 0.1) is 20.8 Å². The average molecular weight is 299 g/mol. The molecule has 1 aromatic carbocycles. The lowest BCUT2D eigenvalue weighted by atomic mass is 10.1. The highest BCUT2D eigenvalue weighted by molar-refractivity contribution is 6.01. The Balaban J connectivity index is 1.95. The van der Waals surface area contributed by atoms with Gasteiger partial charge in [-0.3, -0.25) is 4.79 Å². The number of hydrogen-bond donors (Lipinski definition) is 1. The summed E-state index contributed by atoms with van der Waals surface area (Å²) in [5.41, 5.74) is 5.35. The average Bonchev–Trinajstić information content (AvgIpc) is 3.05. The molecule has 118 valence electrons. The van der Waals surface area contributed by atoms with E-state index >= 15 is 0 Å². The van der Waals surface area contributed by atoms with Gasteiger partial charge in [0.2, 0.25) is 0 Å². The minimum atomic E-state index is 0.134. The Morgan fingerprint density at radius 1 is 1.27 bits per heavy atom. The van der Waals surface area contributed by atoms with E-state index in [1.54, 1.807) is 0 Å². The van der Waals surface area contributed by atoms with E-state index in [2.05, 4.69) is 50.0 Å². The molecule has 1 unspecified atom stereocenters. The van der Waals surface area contributed by atoms with Crippen molar-refractivity contribution >= 4 is 16.8 Å². The Kier molecular flexibility index (Phi) is 3.73. The summed E-state index contributed by atoms with van der Waals surface area (Å²) in [6, 6.07) is 4.79. The van der Waals surface area contributed by atoms with Crippen LogP contribution in [0.3, 0.4) is 0 Å². The molecule has 0 radical (unpaired) electrons. The van der Waals surface area contributed by atoms with Gasteiger partial charge in [-0.2, -0.15) is 0 Å². The molecule has 2 aromatic rings. The van der Waals surface area contributed by atoms with Gasteiger partial charge in [0.25, 0.3) is 5.91 Å². The molecule has 2 heterocycles. The molecule has 4 nitrogen and oxygen atoms in total. The van der Waals surface area contributed by atoms with Gasteiger partial charge in [-0.05, 0) is 58.5 Å². The summed E-state index contributed by atoms with van der Waals surface area (Å²) in [7, 11) is 4.16. The predicted molar refractivity (Wildman–Crippen MR) is 90.5 cm³/mol. The van der Waals surface area contributed by atoms with Crippen molar-refractivity contribution in [3.8, 4) is 0 Å². The van der Waals surface area contributed by atoms with Gasteiger partial charge in [-0.1, -0.05) is 11.6 Å². The zero-order valence-corrected chi connectivity index (χ0v) is 14.2. The zero-order chi connectivity index (χ0) is 16.0. The van der Waals surface area contributed by atoms with Crippen LogP contribution in [-0.4, -0.2) is 53.9 Å². The fraction of sp³-hybridized carbons (Fsp3) is 0.500. The highest BCUT2D eigenvalue weighted by Crippen LogP contribution is 2.27. The minimum Gasteiger partial charge on any atom is -0.350 e. The number of fused-ring (bicyclic) bond motifs is 1. The first kappa shape index (κ1) is 15.1. The number of aromatic amines is 1. The largest absolute Gasteiger partial charge is 0.350 e. The molecule has 1 fully saturated rings. The number of hydrogen-bond acceptors (Lipinski definition) is 2. The molecule has 1 saturated heterocycles. The second-order valence-electron chi connectivity index (χ2n) is 6.79. The number of carbonyl (C=O) groups is 1. The predicted octanol–water partition coefficient (Wildman–Crippen LogP) is 2.87. The summed E-state index contributed by atoms with van der Waals surface area (Å²) in [4.78, 5) is 20.4. The van der Waals surface area contributed by atoms with E-state index in [1.807, 2.05) is 11.8 Å². The van der Waals surface area contributed by atoms with E-state index in [0.29, 0.717) is 6.04 Å². The van der Waals surface area contributed by atoms with Crippen molar-refractivity contribution in [2.24, 2.45) is 0 Å². The molecule has 3 rings (SSSR count). The van der Waals surface area contributed by atoms with Crippen molar-refractivity contribution in [1.82, 2.24) is 14.8 Å². The fourth-order valence-electron chi connectivity index (χ4n) is 3.50. The molecular weight excluding hydrogens is 274 g/mol. The van der Waals surface area contributed by atoms with Crippen molar-refractivity contribution < 1.29 is 4.79 Å². The van der Waals surface area contributed by atoms with Gasteiger partial charge in [0.1, 0.15) is 5.69 Å². The monoisotopic (exact) mass is 299 g/mol. The Hall–Kier alpha value is -1.81. The number of rotatable bonds is 2. The molecule has 1 amide bonds. The summed E-state index contributed by atoms with van der Waals surface area (Å²) >= 11 is 0. The molecule has 1 N–H and O–H groups in total. The number of H-pyrrole nitrogens is 1. The molecule has 1 aliphatic heterocycles. The normalized spacial score (nSPS) is 18.6. The Bertz CT molecular complexity index is 729. The molecule has 0 saturated carbocycles. The molecule has 22 heavy (non-hydrogen) atoms. The topological polar surface area (TPSA) is 39.3 Å². The summed E-state index contributed by atoms with van der Waals surface area (Å²) < 4.78 is 0. The second-order valence-corrected chi connectivity index (χ2v) is 6.79.